The van der Waals surface area contributed by atoms with Gasteiger partial charge in [-0.15, -0.1) is 0 Å². The van der Waals surface area contributed by atoms with Gasteiger partial charge in [0.1, 0.15) is 12.3 Å². The SMILES string of the molecule is O=C(O)CN(C(=O)Oc1ccccc1)c1ccccc1. The molecule has 0 fully saturated rings. The van der Waals surface area contributed by atoms with E-state index in [-0.39, 0.29) is 0 Å². The fraction of sp³-hybridized carbons (Fsp3) is 0.0667. The number of nitrogens with zero attached hydrogens (tertiary/aromatic N) is 1. The van der Waals surface area contributed by atoms with Gasteiger partial charge < -0.3 is 9.84 Å². The summed E-state index contributed by atoms with van der Waals surface area (Å²) < 4.78 is 5.16. The van der Waals surface area contributed by atoms with Crippen molar-refractivity contribution in [2.75, 3.05) is 11.4 Å². The van der Waals surface area contributed by atoms with Gasteiger partial charge >= 0.3 is 12.1 Å². The summed E-state index contributed by atoms with van der Waals surface area (Å²) in [5.74, 6) is -0.748. The number of hydrogen-bond donors (Lipinski definition) is 1. The van der Waals surface area contributed by atoms with E-state index in [1.807, 2.05) is 0 Å². The Bertz CT molecular complexity index is 583. The molecule has 0 heterocycles. The molecule has 0 aliphatic rings. The molecule has 2 aromatic rings. The lowest BCUT2D eigenvalue weighted by Crippen LogP contribution is -2.37. The van der Waals surface area contributed by atoms with E-state index in [0.717, 1.165) is 4.90 Å². The molecule has 2 aromatic carbocycles. The van der Waals surface area contributed by atoms with Crippen LogP contribution in [0.2, 0.25) is 0 Å². The molecule has 20 heavy (non-hydrogen) atoms. The number of ether oxygens (including phenoxy) is 1. The third-order valence-electron chi connectivity index (χ3n) is 2.53. The summed E-state index contributed by atoms with van der Waals surface area (Å²) in [5.41, 5.74) is 0.468. The zero-order chi connectivity index (χ0) is 14.4. The number of para-hydroxylation sites is 2. The summed E-state index contributed by atoms with van der Waals surface area (Å²) in [6.45, 7) is -0.463. The van der Waals surface area contributed by atoms with Crippen LogP contribution in [0.5, 0.6) is 5.75 Å². The minimum Gasteiger partial charge on any atom is -0.480 e. The lowest BCUT2D eigenvalue weighted by molar-refractivity contribution is -0.135. The van der Waals surface area contributed by atoms with Gasteiger partial charge in [-0.3, -0.25) is 9.69 Å². The van der Waals surface area contributed by atoms with E-state index in [9.17, 15) is 9.59 Å². The Morgan fingerprint density at radius 2 is 1.50 bits per heavy atom. The number of rotatable bonds is 4. The van der Waals surface area contributed by atoms with E-state index in [4.69, 9.17) is 9.84 Å². The molecule has 5 heteroatoms. The Morgan fingerprint density at radius 3 is 2.05 bits per heavy atom. The van der Waals surface area contributed by atoms with E-state index in [0.29, 0.717) is 11.4 Å². The topological polar surface area (TPSA) is 66.8 Å². The van der Waals surface area contributed by atoms with Crippen LogP contribution in [-0.2, 0) is 4.79 Å². The number of carbonyl (C=O) groups is 2. The number of amides is 1. The highest BCUT2D eigenvalue weighted by molar-refractivity contribution is 5.94. The van der Waals surface area contributed by atoms with Gasteiger partial charge in [-0.25, -0.2) is 4.79 Å². The van der Waals surface area contributed by atoms with Crippen molar-refractivity contribution in [2.45, 2.75) is 0 Å². The van der Waals surface area contributed by atoms with Crippen LogP contribution in [0.4, 0.5) is 10.5 Å². The predicted molar refractivity (Wildman–Crippen MR) is 73.9 cm³/mol. The molecule has 0 spiro atoms. The highest BCUT2D eigenvalue weighted by Gasteiger charge is 2.20. The molecule has 0 bridgehead atoms. The van der Waals surface area contributed by atoms with Crippen molar-refractivity contribution in [3.05, 3.63) is 60.7 Å². The fourth-order valence-corrected chi connectivity index (χ4v) is 1.65. The van der Waals surface area contributed by atoms with E-state index >= 15 is 0 Å². The number of hydrogen-bond acceptors (Lipinski definition) is 3. The molecule has 2 rings (SSSR count). The summed E-state index contributed by atoms with van der Waals surface area (Å²) in [4.78, 5) is 24.0. The summed E-state index contributed by atoms with van der Waals surface area (Å²) >= 11 is 0. The first-order valence-electron chi connectivity index (χ1n) is 5.98. The largest absolute Gasteiger partial charge is 0.480 e. The lowest BCUT2D eigenvalue weighted by Gasteiger charge is -2.20. The van der Waals surface area contributed by atoms with Gasteiger partial charge in [0.25, 0.3) is 0 Å². The zero-order valence-electron chi connectivity index (χ0n) is 10.6. The van der Waals surface area contributed by atoms with Crippen LogP contribution in [0.25, 0.3) is 0 Å². The summed E-state index contributed by atoms with van der Waals surface area (Å²) in [7, 11) is 0. The number of carbonyl (C=O) groups excluding carboxylic acids is 1. The summed E-state index contributed by atoms with van der Waals surface area (Å²) in [6.07, 6.45) is -0.732. The van der Waals surface area contributed by atoms with Crippen LogP contribution in [-0.4, -0.2) is 23.7 Å². The Kier molecular flexibility index (Phi) is 4.34. The summed E-state index contributed by atoms with van der Waals surface area (Å²) in [5, 5.41) is 8.91. The number of benzene rings is 2. The van der Waals surface area contributed by atoms with Crippen molar-refractivity contribution in [3.8, 4) is 5.75 Å². The minimum atomic E-state index is -1.11. The molecule has 0 aliphatic heterocycles. The number of carboxylic acid groups (broad SMARTS) is 1. The van der Waals surface area contributed by atoms with Crippen LogP contribution in [0, 0.1) is 0 Å². The van der Waals surface area contributed by atoms with E-state index in [2.05, 4.69) is 0 Å². The second kappa shape index (κ2) is 6.38. The van der Waals surface area contributed by atoms with Gasteiger partial charge in [-0.1, -0.05) is 36.4 Å². The normalized spacial score (nSPS) is 9.80. The molecular formula is C15H13NO4. The van der Waals surface area contributed by atoms with E-state index in [1.165, 1.54) is 0 Å². The molecule has 0 unspecified atom stereocenters. The maximum absolute atomic E-state index is 12.1. The number of carboxylic acids is 1. The van der Waals surface area contributed by atoms with Crippen LogP contribution in [0.1, 0.15) is 0 Å². The summed E-state index contributed by atoms with van der Waals surface area (Å²) in [6, 6.07) is 17.0. The van der Waals surface area contributed by atoms with Crippen molar-refractivity contribution < 1.29 is 19.4 Å². The van der Waals surface area contributed by atoms with Crippen molar-refractivity contribution in [2.24, 2.45) is 0 Å². The predicted octanol–water partition coefficient (Wildman–Crippen LogP) is 2.78. The first-order chi connectivity index (χ1) is 9.66. The quantitative estimate of drug-likeness (QED) is 0.928. The average molecular weight is 271 g/mol. The van der Waals surface area contributed by atoms with Gasteiger partial charge in [0.05, 0.1) is 0 Å². The molecular weight excluding hydrogens is 258 g/mol. The zero-order valence-corrected chi connectivity index (χ0v) is 10.6. The van der Waals surface area contributed by atoms with Gasteiger partial charge in [0.15, 0.2) is 0 Å². The Hall–Kier alpha value is -2.82. The molecule has 1 amide bonds. The molecule has 0 saturated carbocycles. The van der Waals surface area contributed by atoms with Gasteiger partial charge in [0.2, 0.25) is 0 Å². The smallest absolute Gasteiger partial charge is 0.420 e. The van der Waals surface area contributed by atoms with Crippen LogP contribution in [0.3, 0.4) is 0 Å². The molecule has 0 atom stereocenters. The second-order valence-electron chi connectivity index (χ2n) is 4.00. The van der Waals surface area contributed by atoms with Crippen LogP contribution >= 0.6 is 0 Å². The van der Waals surface area contributed by atoms with Crippen molar-refractivity contribution in [1.82, 2.24) is 0 Å². The molecule has 102 valence electrons. The first kappa shape index (κ1) is 13.6. The highest BCUT2D eigenvalue weighted by atomic mass is 16.6. The lowest BCUT2D eigenvalue weighted by atomic mass is 10.3. The molecule has 0 aromatic heterocycles. The Balaban J connectivity index is 2.18. The Labute approximate surface area is 116 Å². The van der Waals surface area contributed by atoms with Crippen LogP contribution < -0.4 is 9.64 Å². The molecule has 0 radical (unpaired) electrons. The Morgan fingerprint density at radius 1 is 0.950 bits per heavy atom. The van der Waals surface area contributed by atoms with E-state index in [1.54, 1.807) is 60.7 Å². The van der Waals surface area contributed by atoms with Gasteiger partial charge in [-0.2, -0.15) is 0 Å². The van der Waals surface area contributed by atoms with Crippen LogP contribution in [0.15, 0.2) is 60.7 Å². The maximum atomic E-state index is 12.1. The fourth-order valence-electron chi connectivity index (χ4n) is 1.65. The second-order valence-corrected chi connectivity index (χ2v) is 4.00. The third-order valence-corrected chi connectivity index (χ3v) is 2.53. The van der Waals surface area contributed by atoms with Crippen molar-refractivity contribution >= 4 is 17.7 Å². The molecule has 5 nitrogen and oxygen atoms in total. The highest BCUT2D eigenvalue weighted by Crippen LogP contribution is 2.16. The third kappa shape index (κ3) is 3.58. The van der Waals surface area contributed by atoms with Crippen molar-refractivity contribution in [1.29, 1.82) is 0 Å². The molecule has 0 saturated heterocycles. The average Bonchev–Trinajstić information content (AvgIpc) is 2.46. The van der Waals surface area contributed by atoms with E-state index < -0.39 is 18.6 Å². The van der Waals surface area contributed by atoms with Gasteiger partial charge in [-0.05, 0) is 24.3 Å². The number of aliphatic carboxylic acids is 1. The standard InChI is InChI=1S/C15H13NO4/c17-14(18)11-16(12-7-3-1-4-8-12)15(19)20-13-9-5-2-6-10-13/h1-10H,11H2,(H,17,18). The maximum Gasteiger partial charge on any atom is 0.420 e. The number of anilines is 1. The first-order valence-corrected chi connectivity index (χ1v) is 5.98. The molecule has 0 aliphatic carbocycles. The van der Waals surface area contributed by atoms with Crippen molar-refractivity contribution in [3.63, 3.8) is 0 Å². The van der Waals surface area contributed by atoms with Gasteiger partial charge in [0, 0.05) is 5.69 Å². The minimum absolute atomic E-state index is 0.365. The molecule has 1 N–H and O–H groups in total. The monoisotopic (exact) mass is 271 g/mol.